The first-order valence-electron chi connectivity index (χ1n) is 12.4. The number of ether oxygens (including phenoxy) is 4. The van der Waals surface area contributed by atoms with Crippen molar-refractivity contribution in [3.8, 4) is 0 Å². The van der Waals surface area contributed by atoms with Gasteiger partial charge < -0.3 is 82.5 Å². The maximum absolute atomic E-state index is 12.1. The summed E-state index contributed by atoms with van der Waals surface area (Å²) in [6.07, 6.45) is -17.3. The first-order valence-corrected chi connectivity index (χ1v) is 12.4. The largest absolute Gasteiger partial charge is 0.394 e. The molecular formula is C22H43N7O12. The highest BCUT2D eigenvalue weighted by Gasteiger charge is 2.60. The molecular weight excluding hydrogens is 554 g/mol. The highest BCUT2D eigenvalue weighted by Crippen LogP contribution is 2.38. The number of carbonyl (C=O) groups is 1. The summed E-state index contributed by atoms with van der Waals surface area (Å²) in [4.78, 5) is 16.0. The topological polar surface area (TPSA) is 334 Å². The fourth-order valence-electron chi connectivity index (χ4n) is 5.13. The van der Waals surface area contributed by atoms with E-state index < -0.39 is 110 Å². The number of nitrogens with one attached hydrogen (secondary N) is 3. The fourth-order valence-corrected chi connectivity index (χ4v) is 5.13. The molecule has 2 heterocycles. The van der Waals surface area contributed by atoms with Crippen LogP contribution >= 0.6 is 0 Å². The zero-order valence-electron chi connectivity index (χ0n) is 21.7. The lowest BCUT2D eigenvalue weighted by atomic mass is 9.81. The number of aldehydes is 1. The quantitative estimate of drug-likeness (QED) is 0.0666. The molecule has 3 aliphatic rings. The smallest absolute Gasteiger partial charge is 0.188 e. The molecule has 19 heteroatoms. The van der Waals surface area contributed by atoms with E-state index in [1.807, 2.05) is 0 Å². The maximum atomic E-state index is 12.1. The highest BCUT2D eigenvalue weighted by atomic mass is 16.8. The first kappa shape index (κ1) is 34.9. The SMILES string of the molecule is C.CN[C@@H]1[C@H](O[C@H]2[C@H](O[C@H]3[C@H](O)[C@@H](O)[C@H](NC(=N)N)[C@@H](O)[C@@H]3N=C(N)N)O[C@@H](C)[C@]2(O)C=O)O[C@@H](CO)[C@H](O)[C@H]1O. The third kappa shape index (κ3) is 6.71. The van der Waals surface area contributed by atoms with Crippen LogP contribution in [0.3, 0.4) is 0 Å². The van der Waals surface area contributed by atoms with E-state index in [1.54, 1.807) is 0 Å². The summed E-state index contributed by atoms with van der Waals surface area (Å²) in [5.41, 5.74) is 13.9. The van der Waals surface area contributed by atoms with Gasteiger partial charge in [-0.2, -0.15) is 0 Å². The molecule has 0 radical (unpaired) electrons. The Bertz CT molecular complexity index is 931. The van der Waals surface area contributed by atoms with Crippen LogP contribution in [0.5, 0.6) is 0 Å². The molecule has 1 aliphatic carbocycles. The lowest BCUT2D eigenvalue weighted by Crippen LogP contribution is -2.70. The molecule has 16 N–H and O–H groups in total. The van der Waals surface area contributed by atoms with E-state index in [0.717, 1.165) is 0 Å². The van der Waals surface area contributed by atoms with E-state index in [1.165, 1.54) is 14.0 Å². The molecule has 3 fully saturated rings. The van der Waals surface area contributed by atoms with Crippen LogP contribution in [0.4, 0.5) is 0 Å². The van der Waals surface area contributed by atoms with Gasteiger partial charge in [0.1, 0.15) is 54.9 Å². The molecule has 0 aromatic carbocycles. The van der Waals surface area contributed by atoms with Gasteiger partial charge in [-0.25, -0.2) is 4.99 Å². The average molecular weight is 598 g/mol. The molecule has 2 saturated heterocycles. The molecule has 0 amide bonds. The molecule has 0 bridgehead atoms. The van der Waals surface area contributed by atoms with E-state index in [9.17, 15) is 40.5 Å². The van der Waals surface area contributed by atoms with Crippen molar-refractivity contribution in [3.05, 3.63) is 0 Å². The van der Waals surface area contributed by atoms with Crippen LogP contribution in [0.25, 0.3) is 0 Å². The highest BCUT2D eigenvalue weighted by molar-refractivity contribution is 5.76. The number of hydrogen-bond acceptors (Lipinski definition) is 15. The lowest BCUT2D eigenvalue weighted by Gasteiger charge is -2.46. The van der Waals surface area contributed by atoms with Crippen LogP contribution in [-0.2, 0) is 23.7 Å². The van der Waals surface area contributed by atoms with Gasteiger partial charge in [0.05, 0.1) is 24.8 Å². The summed E-state index contributed by atoms with van der Waals surface area (Å²) >= 11 is 0. The summed E-state index contributed by atoms with van der Waals surface area (Å²) in [5, 5.41) is 86.4. The van der Waals surface area contributed by atoms with Crippen molar-refractivity contribution in [3.63, 3.8) is 0 Å². The van der Waals surface area contributed by atoms with Crippen LogP contribution < -0.4 is 27.8 Å². The molecule has 1 saturated carbocycles. The fraction of sp³-hybridized carbons (Fsp3) is 0.864. The summed E-state index contributed by atoms with van der Waals surface area (Å²) in [7, 11) is 1.42. The summed E-state index contributed by atoms with van der Waals surface area (Å²) in [6.45, 7) is 0.617. The standard InChI is InChI=1S/C21H39N7O12.CH4/c1-5-21(36,4-30)16(40-17-9(26-2)13(34)10(31)6(3-29)38-17)18(37-5)39-15-8(28-20(24)25)11(32)7(27-19(22)23)12(33)14(15)35;/h4-18,26,29,31-36H,3H2,1-2H3,(H4,22,23,27)(H4,24,25,28);1H4/t5-,6-,7+,8-,9-,10-,11+,12-,13-,14+,15+,16-,17-,18-,21+;/m0./s1. The molecule has 19 nitrogen and oxygen atoms in total. The average Bonchev–Trinajstić information content (AvgIpc) is 3.13. The number of carbonyl (C=O) groups excluding carboxylic acids is 1. The number of nitrogens with two attached hydrogens (primary N) is 3. The third-order valence-electron chi connectivity index (χ3n) is 7.40. The van der Waals surface area contributed by atoms with Gasteiger partial charge in [0.2, 0.25) is 0 Å². The number of likely N-dealkylation sites (N-methyl/N-ethyl adjacent to an activating group) is 1. The number of aliphatic hydroxyl groups excluding tert-OH is 6. The van der Waals surface area contributed by atoms with Crippen LogP contribution in [0.2, 0.25) is 0 Å². The van der Waals surface area contributed by atoms with Gasteiger partial charge in [-0.05, 0) is 14.0 Å². The van der Waals surface area contributed by atoms with Crippen molar-refractivity contribution in [1.82, 2.24) is 10.6 Å². The minimum Gasteiger partial charge on any atom is -0.394 e. The van der Waals surface area contributed by atoms with Gasteiger partial charge in [0.25, 0.3) is 0 Å². The van der Waals surface area contributed by atoms with Crippen molar-refractivity contribution in [2.24, 2.45) is 22.2 Å². The molecule has 41 heavy (non-hydrogen) atoms. The van der Waals surface area contributed by atoms with E-state index >= 15 is 0 Å². The second-order valence-corrected chi connectivity index (χ2v) is 9.93. The van der Waals surface area contributed by atoms with Crippen LogP contribution in [0, 0.1) is 5.41 Å². The van der Waals surface area contributed by atoms with Crippen LogP contribution in [-0.4, -0.2) is 159 Å². The van der Waals surface area contributed by atoms with Crippen LogP contribution in [0.15, 0.2) is 4.99 Å². The van der Waals surface area contributed by atoms with Crippen molar-refractivity contribution in [2.75, 3.05) is 13.7 Å². The monoisotopic (exact) mass is 597 g/mol. The second kappa shape index (κ2) is 13.8. The number of guanidine groups is 2. The Morgan fingerprint density at radius 1 is 1.00 bits per heavy atom. The van der Waals surface area contributed by atoms with E-state index in [-0.39, 0.29) is 13.7 Å². The van der Waals surface area contributed by atoms with Gasteiger partial charge in [0.15, 0.2) is 36.4 Å². The van der Waals surface area contributed by atoms with Gasteiger partial charge >= 0.3 is 0 Å². The second-order valence-electron chi connectivity index (χ2n) is 9.93. The zero-order valence-corrected chi connectivity index (χ0v) is 21.7. The van der Waals surface area contributed by atoms with Crippen molar-refractivity contribution in [1.29, 1.82) is 5.41 Å². The number of nitrogens with zero attached hydrogens (tertiary/aromatic N) is 1. The molecule has 3 rings (SSSR count). The van der Waals surface area contributed by atoms with Crippen molar-refractivity contribution in [2.45, 2.75) is 106 Å². The van der Waals surface area contributed by atoms with Gasteiger partial charge in [0, 0.05) is 0 Å². The van der Waals surface area contributed by atoms with E-state index in [0.29, 0.717) is 0 Å². The molecule has 0 aromatic heterocycles. The minimum absolute atomic E-state index is 0. The normalized spacial score (nSPS) is 46.3. The Morgan fingerprint density at radius 2 is 1.61 bits per heavy atom. The molecule has 238 valence electrons. The summed E-state index contributed by atoms with van der Waals surface area (Å²) in [6, 6.07) is -4.02. The number of aliphatic imine (C=N–C) groups is 1. The van der Waals surface area contributed by atoms with E-state index in [2.05, 4.69) is 15.6 Å². The van der Waals surface area contributed by atoms with Crippen molar-refractivity contribution < 1.29 is 59.5 Å². The molecule has 0 aromatic rings. The Balaban J connectivity index is 0.00000588. The predicted molar refractivity (Wildman–Crippen MR) is 139 cm³/mol. The Morgan fingerprint density at radius 3 is 2.12 bits per heavy atom. The summed E-state index contributed by atoms with van der Waals surface area (Å²) in [5.74, 6) is -1.16. The number of rotatable bonds is 9. The number of hydrogen-bond donors (Lipinski definition) is 13. The minimum atomic E-state index is -2.39. The van der Waals surface area contributed by atoms with Gasteiger partial charge in [-0.3, -0.25) is 10.2 Å². The molecule has 0 unspecified atom stereocenters. The zero-order chi connectivity index (χ0) is 30.1. The Kier molecular flexibility index (Phi) is 11.8. The Labute approximate surface area is 235 Å². The maximum Gasteiger partial charge on any atom is 0.188 e. The Hall–Kier alpha value is -2.27. The van der Waals surface area contributed by atoms with Gasteiger partial charge in [-0.15, -0.1) is 0 Å². The third-order valence-corrected chi connectivity index (χ3v) is 7.40. The van der Waals surface area contributed by atoms with Crippen LogP contribution in [0.1, 0.15) is 14.4 Å². The lowest BCUT2D eigenvalue weighted by molar-refractivity contribution is -0.314. The number of aliphatic hydroxyl groups is 7. The predicted octanol–water partition coefficient (Wildman–Crippen LogP) is -7.32. The van der Waals surface area contributed by atoms with E-state index in [4.69, 9.17) is 41.6 Å². The molecule has 2 aliphatic heterocycles. The van der Waals surface area contributed by atoms with Crippen molar-refractivity contribution >= 4 is 18.2 Å². The van der Waals surface area contributed by atoms with Gasteiger partial charge in [-0.1, -0.05) is 7.43 Å². The molecule has 15 atom stereocenters. The molecule has 0 spiro atoms. The first-order chi connectivity index (χ1) is 18.7. The summed E-state index contributed by atoms with van der Waals surface area (Å²) < 4.78 is 22.9.